The SMILES string of the molecule is CC/C=C\C/C=C\C/C=C\CCCCCCCCCCOCC(COC(=O)CCCCCCC/C=C\CCCC)OC(=O)CCCCCCC. The van der Waals surface area contributed by atoms with Gasteiger partial charge in [-0.3, -0.25) is 9.59 Å². The molecule has 0 aliphatic carbocycles. The van der Waals surface area contributed by atoms with Crippen LogP contribution in [0.1, 0.15) is 201 Å². The maximum atomic E-state index is 12.5. The molecule has 0 aromatic rings. The largest absolute Gasteiger partial charge is 0.462 e. The second-order valence-electron chi connectivity index (χ2n) is 13.9. The number of carbonyl (C=O) groups excluding carboxylic acids is 2. The third-order valence-electron chi connectivity index (χ3n) is 8.85. The molecule has 0 aromatic heterocycles. The predicted octanol–water partition coefficient (Wildman–Crippen LogP) is 13.7. The molecule has 0 heterocycles. The second kappa shape index (κ2) is 41.3. The summed E-state index contributed by atoms with van der Waals surface area (Å²) in [6, 6.07) is 0. The van der Waals surface area contributed by atoms with E-state index in [1.807, 2.05) is 0 Å². The lowest BCUT2D eigenvalue weighted by atomic mass is 10.1. The lowest BCUT2D eigenvalue weighted by Gasteiger charge is -2.18. The average molecular weight is 701 g/mol. The smallest absolute Gasteiger partial charge is 0.306 e. The monoisotopic (exact) mass is 701 g/mol. The number of hydrogen-bond acceptors (Lipinski definition) is 5. The van der Waals surface area contributed by atoms with E-state index in [-0.39, 0.29) is 25.2 Å². The first-order valence-electron chi connectivity index (χ1n) is 21.2. The van der Waals surface area contributed by atoms with Crippen molar-refractivity contribution in [3.63, 3.8) is 0 Å². The van der Waals surface area contributed by atoms with Crippen LogP contribution in [0, 0.1) is 0 Å². The first-order valence-corrected chi connectivity index (χ1v) is 21.2. The zero-order valence-corrected chi connectivity index (χ0v) is 33.2. The van der Waals surface area contributed by atoms with Crippen molar-refractivity contribution >= 4 is 11.9 Å². The first kappa shape index (κ1) is 47.9. The Morgan fingerprint density at radius 1 is 0.460 bits per heavy atom. The van der Waals surface area contributed by atoms with Crippen LogP contribution >= 0.6 is 0 Å². The molecule has 0 aliphatic heterocycles. The Morgan fingerprint density at radius 3 is 1.52 bits per heavy atom. The molecule has 1 atom stereocenters. The van der Waals surface area contributed by atoms with Gasteiger partial charge >= 0.3 is 11.9 Å². The Bertz CT molecular complexity index is 842. The molecule has 1 unspecified atom stereocenters. The molecule has 0 aliphatic rings. The molecule has 0 radical (unpaired) electrons. The van der Waals surface area contributed by atoms with E-state index in [0.717, 1.165) is 77.0 Å². The molecule has 0 bridgehead atoms. The normalized spacial score (nSPS) is 12.6. The Kier molecular flexibility index (Phi) is 39.5. The molecule has 5 heteroatoms. The van der Waals surface area contributed by atoms with Crippen LogP contribution in [0.5, 0.6) is 0 Å². The minimum Gasteiger partial charge on any atom is -0.462 e. The quantitative estimate of drug-likeness (QED) is 0.0364. The fourth-order valence-corrected chi connectivity index (χ4v) is 5.68. The maximum absolute atomic E-state index is 12.5. The molecule has 0 rings (SSSR count). The second-order valence-corrected chi connectivity index (χ2v) is 13.9. The first-order chi connectivity index (χ1) is 24.6. The topological polar surface area (TPSA) is 61.8 Å². The number of rotatable bonds is 38. The molecule has 50 heavy (non-hydrogen) atoms. The minimum absolute atomic E-state index is 0.0779. The predicted molar refractivity (Wildman–Crippen MR) is 215 cm³/mol. The minimum atomic E-state index is -0.535. The summed E-state index contributed by atoms with van der Waals surface area (Å²) in [5.41, 5.74) is 0. The highest BCUT2D eigenvalue weighted by molar-refractivity contribution is 5.70. The van der Waals surface area contributed by atoms with Crippen molar-refractivity contribution < 1.29 is 23.8 Å². The number of ether oxygens (including phenoxy) is 3. The highest BCUT2D eigenvalue weighted by atomic mass is 16.6. The van der Waals surface area contributed by atoms with Crippen LogP contribution < -0.4 is 0 Å². The van der Waals surface area contributed by atoms with Crippen LogP contribution in [0.25, 0.3) is 0 Å². The fraction of sp³-hybridized carbons (Fsp3) is 0.778. The van der Waals surface area contributed by atoms with E-state index in [2.05, 4.69) is 69.4 Å². The van der Waals surface area contributed by atoms with Gasteiger partial charge in [0.05, 0.1) is 6.61 Å². The van der Waals surface area contributed by atoms with E-state index in [4.69, 9.17) is 14.2 Å². The summed E-state index contributed by atoms with van der Waals surface area (Å²) in [6.07, 6.45) is 48.5. The van der Waals surface area contributed by atoms with Gasteiger partial charge in [0.15, 0.2) is 6.10 Å². The number of carbonyl (C=O) groups is 2. The Morgan fingerprint density at radius 2 is 0.920 bits per heavy atom. The molecule has 0 fully saturated rings. The van der Waals surface area contributed by atoms with Crippen molar-refractivity contribution in [2.75, 3.05) is 19.8 Å². The van der Waals surface area contributed by atoms with Crippen molar-refractivity contribution in [1.29, 1.82) is 0 Å². The lowest BCUT2D eigenvalue weighted by Crippen LogP contribution is -2.30. The third kappa shape index (κ3) is 38.7. The van der Waals surface area contributed by atoms with Crippen molar-refractivity contribution in [1.82, 2.24) is 0 Å². The lowest BCUT2D eigenvalue weighted by molar-refractivity contribution is -0.163. The summed E-state index contributed by atoms with van der Waals surface area (Å²) < 4.78 is 17.1. The zero-order valence-electron chi connectivity index (χ0n) is 33.2. The molecule has 0 saturated heterocycles. The molecule has 290 valence electrons. The van der Waals surface area contributed by atoms with Crippen LogP contribution in [0.15, 0.2) is 48.6 Å². The van der Waals surface area contributed by atoms with E-state index in [9.17, 15) is 9.59 Å². The van der Waals surface area contributed by atoms with Crippen LogP contribution in [0.3, 0.4) is 0 Å². The third-order valence-corrected chi connectivity index (χ3v) is 8.85. The Labute approximate surface area is 310 Å². The molecule has 0 amide bonds. The Hall–Kier alpha value is -2.14. The highest BCUT2D eigenvalue weighted by Crippen LogP contribution is 2.12. The van der Waals surface area contributed by atoms with Gasteiger partial charge in [0.1, 0.15) is 6.61 Å². The molecular formula is C45H80O5. The van der Waals surface area contributed by atoms with Gasteiger partial charge in [-0.1, -0.05) is 166 Å². The maximum Gasteiger partial charge on any atom is 0.306 e. The summed E-state index contributed by atoms with van der Waals surface area (Å²) in [5, 5.41) is 0. The van der Waals surface area contributed by atoms with Gasteiger partial charge in [-0.2, -0.15) is 0 Å². The van der Waals surface area contributed by atoms with Gasteiger partial charge in [-0.25, -0.2) is 0 Å². The van der Waals surface area contributed by atoms with Crippen LogP contribution in [0.2, 0.25) is 0 Å². The summed E-state index contributed by atoms with van der Waals surface area (Å²) in [7, 11) is 0. The van der Waals surface area contributed by atoms with Gasteiger partial charge in [0, 0.05) is 19.4 Å². The fourth-order valence-electron chi connectivity index (χ4n) is 5.68. The summed E-state index contributed by atoms with van der Waals surface area (Å²) in [4.78, 5) is 24.9. The Balaban J connectivity index is 4.07. The van der Waals surface area contributed by atoms with Gasteiger partial charge in [0.25, 0.3) is 0 Å². The van der Waals surface area contributed by atoms with E-state index in [0.29, 0.717) is 19.4 Å². The van der Waals surface area contributed by atoms with Gasteiger partial charge in [-0.05, 0) is 70.6 Å². The van der Waals surface area contributed by atoms with E-state index in [1.165, 1.54) is 89.9 Å². The van der Waals surface area contributed by atoms with Crippen LogP contribution in [-0.4, -0.2) is 37.9 Å². The van der Waals surface area contributed by atoms with E-state index in [1.54, 1.807) is 0 Å². The number of hydrogen-bond donors (Lipinski definition) is 0. The molecular weight excluding hydrogens is 620 g/mol. The number of esters is 2. The highest BCUT2D eigenvalue weighted by Gasteiger charge is 2.17. The zero-order chi connectivity index (χ0) is 36.4. The standard InChI is InChI=1S/C45H80O5/c1-4-7-10-13-15-17-19-20-21-22-23-24-25-27-29-31-34-37-40-48-41-43(50-45(47)39-36-32-12-9-6-3)42-49-44(46)38-35-33-30-28-26-18-16-14-11-8-5-2/h7,10,14-17,20-21,43H,4-6,8-9,11-13,18-19,22-42H2,1-3H3/b10-7-,16-14-,17-15-,21-20-. The summed E-state index contributed by atoms with van der Waals surface area (Å²) in [6.45, 7) is 7.58. The van der Waals surface area contributed by atoms with Crippen LogP contribution in [0.4, 0.5) is 0 Å². The molecule has 0 saturated carbocycles. The van der Waals surface area contributed by atoms with E-state index >= 15 is 0 Å². The van der Waals surface area contributed by atoms with Crippen molar-refractivity contribution in [2.24, 2.45) is 0 Å². The van der Waals surface area contributed by atoms with Crippen molar-refractivity contribution in [2.45, 2.75) is 207 Å². The molecule has 5 nitrogen and oxygen atoms in total. The molecule has 0 N–H and O–H groups in total. The molecule has 0 spiro atoms. The van der Waals surface area contributed by atoms with Gasteiger partial charge in [0.2, 0.25) is 0 Å². The number of unbranched alkanes of at least 4 members (excludes halogenated alkanes) is 19. The number of allylic oxidation sites excluding steroid dienone is 8. The van der Waals surface area contributed by atoms with Crippen molar-refractivity contribution in [3.05, 3.63) is 48.6 Å². The summed E-state index contributed by atoms with van der Waals surface area (Å²) >= 11 is 0. The van der Waals surface area contributed by atoms with Crippen molar-refractivity contribution in [3.8, 4) is 0 Å². The average Bonchev–Trinajstić information content (AvgIpc) is 3.11. The van der Waals surface area contributed by atoms with Gasteiger partial charge in [-0.15, -0.1) is 0 Å². The van der Waals surface area contributed by atoms with E-state index < -0.39 is 6.10 Å². The van der Waals surface area contributed by atoms with Gasteiger partial charge < -0.3 is 14.2 Å². The molecule has 0 aromatic carbocycles. The summed E-state index contributed by atoms with van der Waals surface area (Å²) in [5.74, 6) is -0.425. The van der Waals surface area contributed by atoms with Crippen LogP contribution in [-0.2, 0) is 23.8 Å².